The Morgan fingerprint density at radius 1 is 1.24 bits per heavy atom. The molecule has 0 unspecified atom stereocenters. The van der Waals surface area contributed by atoms with Crippen molar-refractivity contribution in [3.05, 3.63) is 48.8 Å². The number of fused-ring (bicyclic) bond motifs is 1. The lowest BCUT2D eigenvalue weighted by atomic mass is 10.1. The van der Waals surface area contributed by atoms with Crippen LogP contribution >= 0.6 is 0 Å². The largest absolute Gasteiger partial charge is 0.434 e. The number of carbonyl (C=O) groups excluding carboxylic acids is 1. The van der Waals surface area contributed by atoms with Gasteiger partial charge in [0, 0.05) is 24.6 Å². The molecule has 1 aromatic carbocycles. The number of aromatic nitrogens is 4. The molecule has 3 aromatic heterocycles. The number of hydrogen-bond acceptors (Lipinski definition) is 7. The predicted octanol–water partition coefficient (Wildman–Crippen LogP) is 2.88. The lowest BCUT2D eigenvalue weighted by molar-refractivity contribution is -0.121. The summed E-state index contributed by atoms with van der Waals surface area (Å²) in [4.78, 5) is 20.7. The van der Waals surface area contributed by atoms with Crippen molar-refractivity contribution >= 4 is 22.8 Å². The number of ether oxygens (including phenoxy) is 2. The molecule has 0 saturated heterocycles. The number of amides is 1. The van der Waals surface area contributed by atoms with Gasteiger partial charge in [-0.05, 0) is 24.3 Å². The minimum absolute atomic E-state index is 0.0429. The lowest BCUT2D eigenvalue weighted by Crippen LogP contribution is -2.19. The molecule has 0 aliphatic heterocycles. The van der Waals surface area contributed by atoms with Gasteiger partial charge in [0.15, 0.2) is 11.2 Å². The summed E-state index contributed by atoms with van der Waals surface area (Å²) in [6.07, 6.45) is 3.31. The molecule has 0 fully saturated rings. The first kappa shape index (κ1) is 18.8. The number of anilines is 1. The molecule has 0 atom stereocenters. The van der Waals surface area contributed by atoms with Gasteiger partial charge in [0.2, 0.25) is 11.8 Å². The van der Waals surface area contributed by atoms with Crippen LogP contribution in [0.25, 0.3) is 33.9 Å². The molecule has 29 heavy (non-hydrogen) atoms. The molecule has 2 N–H and O–H groups in total. The first-order valence-corrected chi connectivity index (χ1v) is 8.97. The van der Waals surface area contributed by atoms with Gasteiger partial charge in [-0.2, -0.15) is 10.1 Å². The van der Waals surface area contributed by atoms with Crippen LogP contribution in [0.3, 0.4) is 0 Å². The molecule has 0 aliphatic carbocycles. The number of oxazole rings is 1. The zero-order valence-electron chi connectivity index (χ0n) is 15.7. The van der Waals surface area contributed by atoms with Gasteiger partial charge in [0.1, 0.15) is 6.61 Å². The predicted molar refractivity (Wildman–Crippen MR) is 106 cm³/mol. The molecule has 4 rings (SSSR count). The topological polar surface area (TPSA) is 115 Å². The zero-order valence-corrected chi connectivity index (χ0v) is 15.7. The molecule has 4 aromatic rings. The van der Waals surface area contributed by atoms with E-state index < -0.39 is 0 Å². The summed E-state index contributed by atoms with van der Waals surface area (Å²) < 4.78 is 15.9. The van der Waals surface area contributed by atoms with Crippen molar-refractivity contribution in [2.75, 3.05) is 32.2 Å². The number of aromatic amines is 1. The molecule has 148 valence electrons. The number of carbonyl (C=O) groups is 1. The van der Waals surface area contributed by atoms with E-state index in [0.717, 1.165) is 11.3 Å². The van der Waals surface area contributed by atoms with Gasteiger partial charge in [0.05, 0.1) is 30.7 Å². The van der Waals surface area contributed by atoms with Crippen molar-refractivity contribution in [3.63, 3.8) is 0 Å². The number of hydrogen-bond donors (Lipinski definition) is 2. The average Bonchev–Trinajstić information content (AvgIpc) is 3.38. The molecule has 0 aliphatic rings. The summed E-state index contributed by atoms with van der Waals surface area (Å²) in [5, 5.41) is 9.91. The van der Waals surface area contributed by atoms with E-state index in [0.29, 0.717) is 41.6 Å². The third-order valence-electron chi connectivity index (χ3n) is 4.13. The van der Waals surface area contributed by atoms with Gasteiger partial charge in [-0.3, -0.25) is 9.89 Å². The molecule has 1 amide bonds. The number of methoxy groups -OCH3 is 1. The number of H-pyrrole nitrogens is 1. The van der Waals surface area contributed by atoms with Crippen molar-refractivity contribution in [2.45, 2.75) is 0 Å². The smallest absolute Gasteiger partial charge is 0.250 e. The summed E-state index contributed by atoms with van der Waals surface area (Å²) in [5.74, 6) is 0.177. The van der Waals surface area contributed by atoms with E-state index in [1.165, 1.54) is 0 Å². The summed E-state index contributed by atoms with van der Waals surface area (Å²) in [6.45, 7) is 0.760. The highest BCUT2D eigenvalue weighted by molar-refractivity contribution is 5.92. The van der Waals surface area contributed by atoms with Crippen molar-refractivity contribution < 1.29 is 18.7 Å². The Kier molecular flexibility index (Phi) is 5.59. The third kappa shape index (κ3) is 4.31. The van der Waals surface area contributed by atoms with Crippen LogP contribution < -0.4 is 5.32 Å². The summed E-state index contributed by atoms with van der Waals surface area (Å²) in [5.41, 5.74) is 4.03. The maximum Gasteiger partial charge on any atom is 0.250 e. The van der Waals surface area contributed by atoms with Crippen molar-refractivity contribution in [2.24, 2.45) is 0 Å². The van der Waals surface area contributed by atoms with E-state index in [9.17, 15) is 4.79 Å². The Bertz CT molecular complexity index is 1090. The van der Waals surface area contributed by atoms with Gasteiger partial charge < -0.3 is 19.2 Å². The minimum Gasteiger partial charge on any atom is -0.434 e. The maximum absolute atomic E-state index is 12.0. The normalized spacial score (nSPS) is 11.1. The number of nitrogens with one attached hydrogen (secondary N) is 2. The van der Waals surface area contributed by atoms with Crippen LogP contribution in [0.4, 0.5) is 5.69 Å². The quantitative estimate of drug-likeness (QED) is 0.442. The first-order chi connectivity index (χ1) is 14.2. The van der Waals surface area contributed by atoms with E-state index in [4.69, 9.17) is 13.9 Å². The average molecular weight is 393 g/mol. The summed E-state index contributed by atoms with van der Waals surface area (Å²) >= 11 is 0. The number of pyridine rings is 1. The molecule has 0 spiro atoms. The van der Waals surface area contributed by atoms with Crippen molar-refractivity contribution in [1.29, 1.82) is 0 Å². The van der Waals surface area contributed by atoms with Crippen LogP contribution in [0.1, 0.15) is 0 Å². The highest BCUT2D eigenvalue weighted by Crippen LogP contribution is 2.32. The molecule has 0 bridgehead atoms. The van der Waals surface area contributed by atoms with Crippen LogP contribution in [0.15, 0.2) is 53.2 Å². The van der Waals surface area contributed by atoms with E-state index >= 15 is 0 Å². The highest BCUT2D eigenvalue weighted by atomic mass is 16.5. The molecular formula is C20H19N5O4. The highest BCUT2D eigenvalue weighted by Gasteiger charge is 2.16. The Morgan fingerprint density at radius 2 is 2.17 bits per heavy atom. The molecule has 3 heterocycles. The second-order valence-electron chi connectivity index (χ2n) is 6.18. The first-order valence-electron chi connectivity index (χ1n) is 8.97. The van der Waals surface area contributed by atoms with Gasteiger partial charge in [-0.15, -0.1) is 0 Å². The maximum atomic E-state index is 12.0. The third-order valence-corrected chi connectivity index (χ3v) is 4.13. The van der Waals surface area contributed by atoms with E-state index in [1.807, 2.05) is 24.3 Å². The Morgan fingerprint density at radius 3 is 3.03 bits per heavy atom. The second kappa shape index (κ2) is 8.63. The molecule has 9 heteroatoms. The van der Waals surface area contributed by atoms with Gasteiger partial charge in [0.25, 0.3) is 0 Å². The van der Waals surface area contributed by atoms with E-state index in [2.05, 4.69) is 25.5 Å². The fraction of sp³-hybridized carbons (Fsp3) is 0.200. The van der Waals surface area contributed by atoms with Gasteiger partial charge >= 0.3 is 0 Å². The monoisotopic (exact) mass is 393 g/mol. The summed E-state index contributed by atoms with van der Waals surface area (Å²) in [7, 11) is 1.58. The number of nitrogens with zero attached hydrogens (tertiary/aromatic N) is 3. The van der Waals surface area contributed by atoms with Crippen LogP contribution in [0.5, 0.6) is 0 Å². The standard InChI is InChI=1S/C20H19N5O4/c1-27-8-9-28-12-17(26)23-14-5-2-4-13(10-14)18-15(11-22-25-18)20-24-19-16(29-20)6-3-7-21-19/h2-7,10-11H,8-9,12H2,1H3,(H,22,25)(H,23,26). The molecule has 0 saturated carbocycles. The van der Waals surface area contributed by atoms with Crippen LogP contribution in [0.2, 0.25) is 0 Å². The van der Waals surface area contributed by atoms with E-state index in [-0.39, 0.29) is 12.5 Å². The number of benzene rings is 1. The van der Waals surface area contributed by atoms with Crippen molar-refractivity contribution in [3.8, 4) is 22.7 Å². The Hall–Kier alpha value is -3.56. The van der Waals surface area contributed by atoms with Gasteiger partial charge in [-0.1, -0.05) is 12.1 Å². The van der Waals surface area contributed by atoms with Crippen LogP contribution in [-0.2, 0) is 14.3 Å². The lowest BCUT2D eigenvalue weighted by Gasteiger charge is -2.08. The Labute approximate surface area is 166 Å². The minimum atomic E-state index is -0.242. The fourth-order valence-corrected chi connectivity index (χ4v) is 2.81. The second-order valence-corrected chi connectivity index (χ2v) is 6.18. The molecular weight excluding hydrogens is 374 g/mol. The summed E-state index contributed by atoms with van der Waals surface area (Å²) in [6, 6.07) is 11.0. The van der Waals surface area contributed by atoms with E-state index in [1.54, 1.807) is 31.6 Å². The SMILES string of the molecule is COCCOCC(=O)Nc1cccc(-c2[nH]ncc2-c2nc3ncccc3o2)c1. The number of rotatable bonds is 8. The fourth-order valence-electron chi connectivity index (χ4n) is 2.81. The van der Waals surface area contributed by atoms with Crippen LogP contribution in [0, 0.1) is 0 Å². The molecule has 9 nitrogen and oxygen atoms in total. The molecule has 0 radical (unpaired) electrons. The van der Waals surface area contributed by atoms with Crippen LogP contribution in [-0.4, -0.2) is 53.0 Å². The van der Waals surface area contributed by atoms with Gasteiger partial charge in [-0.25, -0.2) is 4.98 Å². The zero-order chi connectivity index (χ0) is 20.1. The van der Waals surface area contributed by atoms with Crippen molar-refractivity contribution in [1.82, 2.24) is 20.2 Å². The Balaban J connectivity index is 1.53.